The normalized spacial score (nSPS) is 11.3. The zero-order valence-corrected chi connectivity index (χ0v) is 15.9. The predicted molar refractivity (Wildman–Crippen MR) is 107 cm³/mol. The molecule has 0 fully saturated rings. The Morgan fingerprint density at radius 1 is 1.33 bits per heavy atom. The molecule has 7 heteroatoms. The first-order chi connectivity index (χ1) is 13.0. The van der Waals surface area contributed by atoms with Crippen LogP contribution in [0.1, 0.15) is 36.8 Å². The van der Waals surface area contributed by atoms with Crippen LogP contribution in [0.5, 0.6) is 0 Å². The Hall–Kier alpha value is -2.93. The van der Waals surface area contributed by atoms with Gasteiger partial charge in [-0.2, -0.15) is 5.10 Å². The minimum Gasteiger partial charge on any atom is -0.382 e. The smallest absolute Gasteiger partial charge is 0.252 e. The molecule has 142 valence electrons. The van der Waals surface area contributed by atoms with Crippen LogP contribution in [-0.4, -0.2) is 40.3 Å². The van der Waals surface area contributed by atoms with E-state index in [1.807, 2.05) is 45.2 Å². The van der Waals surface area contributed by atoms with E-state index in [0.717, 1.165) is 27.7 Å². The highest BCUT2D eigenvalue weighted by Crippen LogP contribution is 2.32. The van der Waals surface area contributed by atoms with Crippen LogP contribution in [0.4, 0.5) is 5.69 Å². The van der Waals surface area contributed by atoms with E-state index < -0.39 is 5.91 Å². The lowest BCUT2D eigenvalue weighted by Gasteiger charge is -2.19. The third kappa shape index (κ3) is 4.09. The number of primary amides is 1. The fraction of sp³-hybridized carbons (Fsp3) is 0.350. The number of nitrogens with one attached hydrogen (secondary N) is 2. The Labute approximate surface area is 158 Å². The third-order valence-electron chi connectivity index (χ3n) is 4.26. The lowest BCUT2D eigenvalue weighted by Crippen LogP contribution is -2.21. The van der Waals surface area contributed by atoms with Crippen LogP contribution in [0.25, 0.3) is 22.0 Å². The van der Waals surface area contributed by atoms with Gasteiger partial charge in [0.25, 0.3) is 5.91 Å². The molecular formula is C20H25N5O2. The van der Waals surface area contributed by atoms with Crippen molar-refractivity contribution in [3.63, 3.8) is 0 Å². The molecule has 0 saturated carbocycles. The van der Waals surface area contributed by atoms with E-state index >= 15 is 0 Å². The molecule has 0 aliphatic heterocycles. The number of nitrogens with two attached hydrogens (primary N) is 1. The molecule has 0 atom stereocenters. The number of anilines is 1. The van der Waals surface area contributed by atoms with Gasteiger partial charge in [0.05, 0.1) is 35.3 Å². The van der Waals surface area contributed by atoms with E-state index in [1.54, 1.807) is 6.20 Å². The number of hydrogen-bond acceptors (Lipinski definition) is 5. The second-order valence-corrected chi connectivity index (χ2v) is 6.64. The number of carbonyl (C=O) groups is 1. The highest BCUT2D eigenvalue weighted by Gasteiger charge is 2.20. The van der Waals surface area contributed by atoms with Gasteiger partial charge in [-0.25, -0.2) is 0 Å². The second-order valence-electron chi connectivity index (χ2n) is 6.64. The maximum atomic E-state index is 12.3. The van der Waals surface area contributed by atoms with Crippen molar-refractivity contribution in [2.24, 2.45) is 5.73 Å². The molecule has 3 rings (SSSR count). The molecule has 0 unspecified atom stereocenters. The van der Waals surface area contributed by atoms with Crippen molar-refractivity contribution < 1.29 is 9.53 Å². The fourth-order valence-electron chi connectivity index (χ4n) is 3.10. The summed E-state index contributed by atoms with van der Waals surface area (Å²) in [5.41, 5.74) is 10.3. The van der Waals surface area contributed by atoms with Crippen molar-refractivity contribution >= 4 is 22.5 Å². The second kappa shape index (κ2) is 8.18. The third-order valence-corrected chi connectivity index (χ3v) is 4.26. The number of nitrogens with zero attached hydrogens (tertiary/aromatic N) is 2. The van der Waals surface area contributed by atoms with E-state index in [0.29, 0.717) is 30.9 Å². The molecular weight excluding hydrogens is 342 g/mol. The van der Waals surface area contributed by atoms with Crippen molar-refractivity contribution in [1.29, 1.82) is 0 Å². The summed E-state index contributed by atoms with van der Waals surface area (Å²) in [6.45, 7) is 7.09. The number of carbonyl (C=O) groups excluding carboxylic acids is 1. The Morgan fingerprint density at radius 3 is 2.78 bits per heavy atom. The van der Waals surface area contributed by atoms with Crippen LogP contribution in [0.2, 0.25) is 0 Å². The Kier molecular flexibility index (Phi) is 5.71. The number of H-pyrrole nitrogens is 1. The standard InChI is InChI=1S/C20H25N5O2/c1-4-27-8-7-17-18(20(21)26)19(24-12(2)3)15-9-13(5-6-16(15)25-17)14-10-22-23-11-14/h5-6,9-12H,4,7-8H2,1-3H3,(H2,21,26)(H,22,23)(H,24,25). The van der Waals surface area contributed by atoms with Gasteiger partial charge >= 0.3 is 0 Å². The van der Waals surface area contributed by atoms with Crippen LogP contribution >= 0.6 is 0 Å². The lowest BCUT2D eigenvalue weighted by atomic mass is 9.99. The van der Waals surface area contributed by atoms with Crippen molar-refractivity contribution in [2.75, 3.05) is 18.5 Å². The number of hydrogen-bond donors (Lipinski definition) is 3. The minimum atomic E-state index is -0.493. The molecule has 0 aliphatic carbocycles. The molecule has 0 aliphatic rings. The van der Waals surface area contributed by atoms with Gasteiger partial charge in [0.1, 0.15) is 0 Å². The highest BCUT2D eigenvalue weighted by molar-refractivity contribution is 6.08. The summed E-state index contributed by atoms with van der Waals surface area (Å²) >= 11 is 0. The Bertz CT molecular complexity index is 935. The summed E-state index contributed by atoms with van der Waals surface area (Å²) in [5.74, 6) is -0.493. The number of amides is 1. The molecule has 0 bridgehead atoms. The van der Waals surface area contributed by atoms with Crippen LogP contribution in [0.3, 0.4) is 0 Å². The van der Waals surface area contributed by atoms with E-state index in [1.165, 1.54) is 0 Å². The van der Waals surface area contributed by atoms with Crippen molar-refractivity contribution in [2.45, 2.75) is 33.2 Å². The summed E-state index contributed by atoms with van der Waals surface area (Å²) < 4.78 is 5.45. The predicted octanol–water partition coefficient (Wildman–Crippen LogP) is 3.12. The molecule has 4 N–H and O–H groups in total. The molecule has 2 heterocycles. The monoisotopic (exact) mass is 367 g/mol. The maximum absolute atomic E-state index is 12.3. The number of pyridine rings is 1. The quantitative estimate of drug-likeness (QED) is 0.530. The summed E-state index contributed by atoms with van der Waals surface area (Å²) in [5, 5.41) is 11.1. The zero-order chi connectivity index (χ0) is 19.4. The molecule has 1 amide bonds. The first-order valence-corrected chi connectivity index (χ1v) is 9.11. The summed E-state index contributed by atoms with van der Waals surface area (Å²) in [6, 6.07) is 6.09. The molecule has 3 aromatic rings. The number of rotatable bonds is 8. The molecule has 0 radical (unpaired) electrons. The Morgan fingerprint density at radius 2 is 2.15 bits per heavy atom. The number of ether oxygens (including phenoxy) is 1. The van der Waals surface area contributed by atoms with Gasteiger partial charge in [0.15, 0.2) is 0 Å². The lowest BCUT2D eigenvalue weighted by molar-refractivity contribution is 0.0999. The summed E-state index contributed by atoms with van der Waals surface area (Å²) in [4.78, 5) is 17.0. The minimum absolute atomic E-state index is 0.131. The molecule has 27 heavy (non-hydrogen) atoms. The first kappa shape index (κ1) is 18.8. The molecule has 2 aromatic heterocycles. The maximum Gasteiger partial charge on any atom is 0.252 e. The van der Waals surface area contributed by atoms with Gasteiger partial charge in [0.2, 0.25) is 0 Å². The van der Waals surface area contributed by atoms with Gasteiger partial charge < -0.3 is 15.8 Å². The number of benzene rings is 1. The fourth-order valence-corrected chi connectivity index (χ4v) is 3.10. The van der Waals surface area contributed by atoms with Crippen molar-refractivity contribution in [1.82, 2.24) is 15.2 Å². The summed E-state index contributed by atoms with van der Waals surface area (Å²) in [6.07, 6.45) is 4.11. The van der Waals surface area contributed by atoms with Gasteiger partial charge in [-0.1, -0.05) is 6.07 Å². The molecule has 1 aromatic carbocycles. The van der Waals surface area contributed by atoms with E-state index in [4.69, 9.17) is 15.5 Å². The largest absolute Gasteiger partial charge is 0.382 e. The average molecular weight is 367 g/mol. The summed E-state index contributed by atoms with van der Waals surface area (Å²) in [7, 11) is 0. The van der Waals surface area contributed by atoms with Gasteiger partial charge in [-0.15, -0.1) is 0 Å². The van der Waals surface area contributed by atoms with Crippen LogP contribution in [0.15, 0.2) is 30.6 Å². The van der Waals surface area contributed by atoms with E-state index in [9.17, 15) is 4.79 Å². The van der Waals surface area contributed by atoms with Gasteiger partial charge in [0, 0.05) is 36.2 Å². The molecule has 0 spiro atoms. The topological polar surface area (TPSA) is 106 Å². The number of fused-ring (bicyclic) bond motifs is 1. The molecule has 0 saturated heterocycles. The van der Waals surface area contributed by atoms with Crippen LogP contribution in [-0.2, 0) is 11.2 Å². The SMILES string of the molecule is CCOCCc1nc2ccc(-c3cn[nH]c3)cc2c(NC(C)C)c1C(N)=O. The molecule has 7 nitrogen and oxygen atoms in total. The zero-order valence-electron chi connectivity index (χ0n) is 15.9. The van der Waals surface area contributed by atoms with Crippen molar-refractivity contribution in [3.8, 4) is 11.1 Å². The van der Waals surface area contributed by atoms with E-state index in [-0.39, 0.29) is 6.04 Å². The average Bonchev–Trinajstić information content (AvgIpc) is 3.15. The first-order valence-electron chi connectivity index (χ1n) is 9.11. The Balaban J connectivity index is 2.21. The van der Waals surface area contributed by atoms with Gasteiger partial charge in [-0.3, -0.25) is 14.9 Å². The highest BCUT2D eigenvalue weighted by atomic mass is 16.5. The van der Waals surface area contributed by atoms with E-state index in [2.05, 4.69) is 15.5 Å². The van der Waals surface area contributed by atoms with Gasteiger partial charge in [-0.05, 0) is 38.5 Å². The van der Waals surface area contributed by atoms with Crippen LogP contribution in [0, 0.1) is 0 Å². The number of aromatic nitrogens is 3. The van der Waals surface area contributed by atoms with Crippen LogP contribution < -0.4 is 11.1 Å². The number of aromatic amines is 1. The van der Waals surface area contributed by atoms with Crippen molar-refractivity contribution in [3.05, 3.63) is 41.9 Å².